The molecule has 1 saturated carbocycles. The van der Waals surface area contributed by atoms with Crippen molar-refractivity contribution >= 4 is 12.4 Å². The molecule has 0 aromatic heterocycles. The van der Waals surface area contributed by atoms with Crippen molar-refractivity contribution in [2.45, 2.75) is 18.8 Å². The fourth-order valence-corrected chi connectivity index (χ4v) is 3.14. The predicted octanol–water partition coefficient (Wildman–Crippen LogP) is 2.98. The second kappa shape index (κ2) is 4.21. The zero-order valence-corrected chi connectivity index (χ0v) is 10.6. The normalized spacial score (nSPS) is 30.9. The van der Waals surface area contributed by atoms with Crippen LogP contribution in [-0.4, -0.2) is 24.5 Å². The van der Waals surface area contributed by atoms with Crippen LogP contribution >= 0.6 is 12.4 Å². The first-order chi connectivity index (χ1) is 7.65. The fourth-order valence-electron chi connectivity index (χ4n) is 3.14. The van der Waals surface area contributed by atoms with Gasteiger partial charge < -0.3 is 4.90 Å². The largest absolute Gasteiger partial charge is 0.302 e. The maximum atomic E-state index is 13.7. The highest BCUT2D eigenvalue weighted by Crippen LogP contribution is 2.59. The van der Waals surface area contributed by atoms with Gasteiger partial charge in [0.15, 0.2) is 0 Å². The number of benzene rings is 1. The van der Waals surface area contributed by atoms with Crippen LogP contribution in [0.25, 0.3) is 0 Å². The molecule has 1 aliphatic carbocycles. The minimum atomic E-state index is -0.486. The molecular weight excluding hydrogens is 244 g/mol. The molecule has 0 radical (unpaired) electrons. The number of likely N-dealkylation sites (tertiary alicyclic amines) is 1. The Hall–Kier alpha value is -0.670. The van der Waals surface area contributed by atoms with Crippen LogP contribution in [0.5, 0.6) is 0 Å². The number of rotatable bonds is 2. The van der Waals surface area contributed by atoms with Crippen LogP contribution in [-0.2, 0) is 5.41 Å². The van der Waals surface area contributed by atoms with Gasteiger partial charge in [-0.1, -0.05) is 13.0 Å². The van der Waals surface area contributed by atoms with Gasteiger partial charge >= 0.3 is 0 Å². The van der Waals surface area contributed by atoms with E-state index in [2.05, 4.69) is 11.8 Å². The molecule has 3 rings (SSSR count). The summed E-state index contributed by atoms with van der Waals surface area (Å²) in [6.45, 7) is 5.13. The Morgan fingerprint density at radius 1 is 1.41 bits per heavy atom. The Labute approximate surface area is 106 Å². The molecule has 1 aromatic carbocycles. The van der Waals surface area contributed by atoms with Crippen LogP contribution in [0.1, 0.15) is 18.9 Å². The maximum absolute atomic E-state index is 13.7. The third-order valence-electron chi connectivity index (χ3n) is 4.13. The van der Waals surface area contributed by atoms with Gasteiger partial charge in [-0.3, -0.25) is 0 Å². The van der Waals surface area contributed by atoms with Crippen LogP contribution in [0.4, 0.5) is 8.78 Å². The van der Waals surface area contributed by atoms with E-state index < -0.39 is 5.82 Å². The van der Waals surface area contributed by atoms with Crippen molar-refractivity contribution in [2.24, 2.45) is 5.92 Å². The van der Waals surface area contributed by atoms with Gasteiger partial charge in [0.2, 0.25) is 0 Å². The number of likely N-dealkylation sites (N-methyl/N-ethyl adjacent to an activating group) is 1. The monoisotopic (exact) mass is 259 g/mol. The predicted molar refractivity (Wildman–Crippen MR) is 65.5 cm³/mol. The first-order valence-electron chi connectivity index (χ1n) is 5.83. The molecule has 1 nitrogen and oxygen atoms in total. The minimum absolute atomic E-state index is 0. The standard InChI is InChI=1S/C13H15F2N.ClH/c1-2-16-7-9-6-13(9,8-16)11-4-3-10(14)5-12(11)15;/h3-5,9H,2,6-8H2,1H3;1H. The Morgan fingerprint density at radius 2 is 2.18 bits per heavy atom. The average molecular weight is 260 g/mol. The van der Waals surface area contributed by atoms with E-state index in [1.54, 1.807) is 6.07 Å². The minimum Gasteiger partial charge on any atom is -0.302 e. The molecule has 1 saturated heterocycles. The maximum Gasteiger partial charge on any atom is 0.129 e. The molecule has 2 unspecified atom stereocenters. The van der Waals surface area contributed by atoms with E-state index >= 15 is 0 Å². The summed E-state index contributed by atoms with van der Waals surface area (Å²) in [5.74, 6) is -0.284. The summed E-state index contributed by atoms with van der Waals surface area (Å²) in [6.07, 6.45) is 1.06. The number of fused-ring (bicyclic) bond motifs is 1. The van der Waals surface area contributed by atoms with Crippen LogP contribution in [0.15, 0.2) is 18.2 Å². The van der Waals surface area contributed by atoms with E-state index in [9.17, 15) is 8.78 Å². The zero-order valence-electron chi connectivity index (χ0n) is 9.75. The van der Waals surface area contributed by atoms with Crippen molar-refractivity contribution in [1.82, 2.24) is 4.90 Å². The van der Waals surface area contributed by atoms with E-state index in [1.165, 1.54) is 6.07 Å². The number of piperidine rings is 1. The molecule has 4 heteroatoms. The lowest BCUT2D eigenvalue weighted by Crippen LogP contribution is -2.26. The lowest BCUT2D eigenvalue weighted by molar-refractivity contribution is 0.312. The molecule has 0 N–H and O–H groups in total. The molecule has 0 amide bonds. The molecule has 2 atom stereocenters. The number of nitrogens with zero attached hydrogens (tertiary/aromatic N) is 1. The highest BCUT2D eigenvalue weighted by atomic mass is 35.5. The van der Waals surface area contributed by atoms with Gasteiger partial charge in [-0.05, 0) is 30.5 Å². The third-order valence-corrected chi connectivity index (χ3v) is 4.13. The smallest absolute Gasteiger partial charge is 0.129 e. The molecule has 0 spiro atoms. The number of hydrogen-bond donors (Lipinski definition) is 0. The summed E-state index contributed by atoms with van der Waals surface area (Å²) < 4.78 is 26.6. The van der Waals surface area contributed by atoms with Crippen molar-refractivity contribution in [3.8, 4) is 0 Å². The van der Waals surface area contributed by atoms with Crippen molar-refractivity contribution in [3.05, 3.63) is 35.4 Å². The van der Waals surface area contributed by atoms with E-state index in [0.29, 0.717) is 5.92 Å². The summed E-state index contributed by atoms with van der Waals surface area (Å²) >= 11 is 0. The van der Waals surface area contributed by atoms with Crippen molar-refractivity contribution in [1.29, 1.82) is 0 Å². The third kappa shape index (κ3) is 1.85. The molecule has 2 aliphatic rings. The Bertz CT molecular complexity index is 437. The van der Waals surface area contributed by atoms with Gasteiger partial charge in [-0.25, -0.2) is 8.78 Å². The molecule has 0 bridgehead atoms. The van der Waals surface area contributed by atoms with E-state index in [0.717, 1.165) is 37.7 Å². The Morgan fingerprint density at radius 3 is 2.76 bits per heavy atom. The second-order valence-electron chi connectivity index (χ2n) is 5.01. The summed E-state index contributed by atoms with van der Waals surface area (Å²) in [4.78, 5) is 2.34. The summed E-state index contributed by atoms with van der Waals surface area (Å²) in [6, 6.07) is 4.01. The molecule has 1 aromatic rings. The molecule has 1 aliphatic heterocycles. The van der Waals surface area contributed by atoms with Crippen LogP contribution in [0, 0.1) is 17.6 Å². The highest BCUT2D eigenvalue weighted by molar-refractivity contribution is 5.85. The van der Waals surface area contributed by atoms with Gasteiger partial charge in [0.05, 0.1) is 0 Å². The van der Waals surface area contributed by atoms with Gasteiger partial charge in [0.25, 0.3) is 0 Å². The number of halogens is 3. The topological polar surface area (TPSA) is 3.24 Å². The van der Waals surface area contributed by atoms with E-state index in [1.807, 2.05) is 0 Å². The number of hydrogen-bond acceptors (Lipinski definition) is 1. The van der Waals surface area contributed by atoms with Gasteiger partial charge in [0.1, 0.15) is 11.6 Å². The molecule has 17 heavy (non-hydrogen) atoms. The first-order valence-corrected chi connectivity index (χ1v) is 5.83. The van der Waals surface area contributed by atoms with Crippen molar-refractivity contribution in [3.63, 3.8) is 0 Å². The first kappa shape index (κ1) is 12.8. The van der Waals surface area contributed by atoms with Crippen molar-refractivity contribution < 1.29 is 8.78 Å². The Balaban J connectivity index is 0.00000108. The Kier molecular flexibility index (Phi) is 3.17. The molecule has 94 valence electrons. The van der Waals surface area contributed by atoms with Crippen LogP contribution < -0.4 is 0 Å². The second-order valence-corrected chi connectivity index (χ2v) is 5.01. The van der Waals surface area contributed by atoms with E-state index in [-0.39, 0.29) is 23.6 Å². The van der Waals surface area contributed by atoms with Crippen molar-refractivity contribution in [2.75, 3.05) is 19.6 Å². The van der Waals surface area contributed by atoms with Gasteiger partial charge in [0, 0.05) is 24.6 Å². The fraction of sp³-hybridized carbons (Fsp3) is 0.538. The lowest BCUT2D eigenvalue weighted by atomic mass is 9.94. The summed E-state index contributed by atoms with van der Waals surface area (Å²) in [5, 5.41) is 0. The SMILES string of the molecule is CCN1CC2CC2(c2ccc(F)cc2F)C1.Cl. The van der Waals surface area contributed by atoms with Gasteiger partial charge in [-0.2, -0.15) is 0 Å². The summed E-state index contributed by atoms with van der Waals surface area (Å²) in [5.41, 5.74) is 0.711. The van der Waals surface area contributed by atoms with Crippen LogP contribution in [0.2, 0.25) is 0 Å². The highest BCUT2D eigenvalue weighted by Gasteiger charge is 2.61. The zero-order chi connectivity index (χ0) is 11.3. The van der Waals surface area contributed by atoms with Gasteiger partial charge in [-0.15, -0.1) is 12.4 Å². The quantitative estimate of drug-likeness (QED) is 0.789. The summed E-state index contributed by atoms with van der Waals surface area (Å²) in [7, 11) is 0. The van der Waals surface area contributed by atoms with Crippen LogP contribution in [0.3, 0.4) is 0 Å². The van der Waals surface area contributed by atoms with E-state index in [4.69, 9.17) is 0 Å². The lowest BCUT2D eigenvalue weighted by Gasteiger charge is -2.19. The molecule has 2 fully saturated rings. The molecule has 1 heterocycles. The average Bonchev–Trinajstić information content (AvgIpc) is 2.81. The molecular formula is C13H16ClF2N.